The average Bonchev–Trinajstić information content (AvgIpc) is 3.02. The summed E-state index contributed by atoms with van der Waals surface area (Å²) in [5.41, 5.74) is 0.758. The van der Waals surface area contributed by atoms with E-state index < -0.39 is 23.9 Å². The molecule has 0 aliphatic carbocycles. The van der Waals surface area contributed by atoms with Gasteiger partial charge in [-0.3, -0.25) is 0 Å². The Hall–Kier alpha value is -3.51. The van der Waals surface area contributed by atoms with E-state index >= 15 is 0 Å². The molecule has 0 radical (unpaired) electrons. The number of esters is 1. The van der Waals surface area contributed by atoms with Crippen LogP contribution in [0.1, 0.15) is 123 Å². The van der Waals surface area contributed by atoms with Gasteiger partial charge in [-0.25, -0.2) is 14.4 Å². The first-order valence-corrected chi connectivity index (χ1v) is 16.7. The Morgan fingerprint density at radius 1 is 0.739 bits per heavy atom. The number of aliphatic carboxylic acids is 4. The molecule has 5 N–H and O–H groups in total. The second kappa shape index (κ2) is 27.8. The van der Waals surface area contributed by atoms with Crippen molar-refractivity contribution in [3.8, 4) is 0 Å². The Bertz CT molecular complexity index is 909. The van der Waals surface area contributed by atoms with Crippen molar-refractivity contribution in [2.75, 3.05) is 26.2 Å². The van der Waals surface area contributed by atoms with E-state index in [1.165, 1.54) is 38.5 Å². The molecule has 1 rings (SSSR count). The van der Waals surface area contributed by atoms with Gasteiger partial charge in [0.2, 0.25) is 6.04 Å². The maximum Gasteiger partial charge on any atom is 0.370 e. The van der Waals surface area contributed by atoms with E-state index in [1.807, 2.05) is 18.2 Å². The van der Waals surface area contributed by atoms with E-state index in [1.54, 1.807) is 4.90 Å². The van der Waals surface area contributed by atoms with E-state index in [0.29, 0.717) is 0 Å². The maximum atomic E-state index is 13.8. The molecular formula is C34H58N2O10. The van der Waals surface area contributed by atoms with Gasteiger partial charge in [0.25, 0.3) is 0 Å². The van der Waals surface area contributed by atoms with Gasteiger partial charge in [-0.2, -0.15) is 0 Å². The van der Waals surface area contributed by atoms with Crippen LogP contribution in [-0.4, -0.2) is 71.8 Å². The zero-order chi connectivity index (χ0) is 35.4. The summed E-state index contributed by atoms with van der Waals surface area (Å²) in [4.78, 5) is 51.4. The number of hydrogen-bond donors (Lipinski definition) is 4. The quantitative estimate of drug-likeness (QED) is 0.0837. The molecule has 46 heavy (non-hydrogen) atoms. The van der Waals surface area contributed by atoms with E-state index in [2.05, 4.69) is 52.1 Å². The Morgan fingerprint density at radius 2 is 1.13 bits per heavy atom. The SMILES string of the molecule is CCCCCC(CCCCC)(CCCCC)OC(=O)C([NH2+]CC[NH+](CC)CC)c1ccccc1.O=C([O-])C(=O)O.O=C([O-])C(=O)O. The van der Waals surface area contributed by atoms with Crippen LogP contribution in [0, 0.1) is 0 Å². The van der Waals surface area contributed by atoms with Gasteiger partial charge in [-0.1, -0.05) is 89.6 Å². The fraction of sp³-hybridized carbons (Fsp3) is 0.676. The zero-order valence-corrected chi connectivity index (χ0v) is 28.5. The molecule has 1 aromatic carbocycles. The number of unbranched alkanes of at least 4 members (excludes halogenated alkanes) is 6. The first kappa shape index (κ1) is 44.6. The van der Waals surface area contributed by atoms with E-state index in [9.17, 15) is 4.79 Å². The molecule has 1 atom stereocenters. The molecule has 12 nitrogen and oxygen atoms in total. The second-order valence-electron chi connectivity index (χ2n) is 11.3. The molecule has 0 aromatic heterocycles. The highest BCUT2D eigenvalue weighted by atomic mass is 16.6. The summed E-state index contributed by atoms with van der Waals surface area (Å²) in [6.45, 7) is 15.5. The van der Waals surface area contributed by atoms with Crippen molar-refractivity contribution in [2.24, 2.45) is 0 Å². The number of rotatable bonds is 21. The zero-order valence-electron chi connectivity index (χ0n) is 28.5. The third-order valence-corrected chi connectivity index (χ3v) is 7.69. The van der Waals surface area contributed by atoms with E-state index in [0.717, 1.165) is 70.3 Å². The number of nitrogens with two attached hydrogens (primary N) is 1. The molecule has 0 aliphatic rings. The number of ether oxygens (including phenoxy) is 1. The van der Waals surface area contributed by atoms with Gasteiger partial charge in [0.05, 0.1) is 13.1 Å². The van der Waals surface area contributed by atoms with Gasteiger partial charge < -0.3 is 45.0 Å². The normalized spacial score (nSPS) is 11.3. The van der Waals surface area contributed by atoms with Crippen LogP contribution in [0.5, 0.6) is 0 Å². The highest BCUT2D eigenvalue weighted by Gasteiger charge is 2.37. The smallest absolute Gasteiger partial charge is 0.370 e. The number of carbonyl (C=O) groups is 5. The first-order valence-electron chi connectivity index (χ1n) is 16.7. The number of carboxylic acids is 4. The Morgan fingerprint density at radius 3 is 1.46 bits per heavy atom. The van der Waals surface area contributed by atoms with Crippen LogP contribution in [0.25, 0.3) is 0 Å². The Kier molecular flexibility index (Phi) is 26.9. The molecule has 264 valence electrons. The molecular weight excluding hydrogens is 596 g/mol. The number of likely N-dealkylation sites (N-methyl/N-ethyl adjacent to an activating group) is 1. The molecule has 0 heterocycles. The van der Waals surface area contributed by atoms with Gasteiger partial charge in [-0.15, -0.1) is 0 Å². The molecule has 0 saturated heterocycles. The van der Waals surface area contributed by atoms with Crippen LogP contribution in [0.15, 0.2) is 30.3 Å². The maximum absolute atomic E-state index is 13.8. The number of carbonyl (C=O) groups excluding carboxylic acids is 3. The molecule has 0 saturated carbocycles. The van der Waals surface area contributed by atoms with Crippen molar-refractivity contribution in [1.29, 1.82) is 0 Å². The molecule has 1 aromatic rings. The van der Waals surface area contributed by atoms with Crippen LogP contribution in [0.4, 0.5) is 0 Å². The van der Waals surface area contributed by atoms with Crippen molar-refractivity contribution in [2.45, 2.75) is 123 Å². The largest absolute Gasteiger partial charge is 0.539 e. The fourth-order valence-electron chi connectivity index (χ4n) is 4.98. The summed E-state index contributed by atoms with van der Waals surface area (Å²) in [5.74, 6) is -8.06. The molecule has 0 fully saturated rings. The summed E-state index contributed by atoms with van der Waals surface area (Å²) in [5, 5.41) is 34.9. The number of carboxylic acid groups (broad SMARTS) is 4. The Labute approximate surface area is 274 Å². The molecule has 0 amide bonds. The molecule has 0 bridgehead atoms. The van der Waals surface area contributed by atoms with E-state index in [-0.39, 0.29) is 17.6 Å². The summed E-state index contributed by atoms with van der Waals surface area (Å²) in [7, 11) is 0. The second-order valence-corrected chi connectivity index (χ2v) is 11.3. The molecule has 0 aliphatic heterocycles. The molecule has 0 spiro atoms. The van der Waals surface area contributed by atoms with Crippen LogP contribution in [-0.2, 0) is 28.7 Å². The lowest BCUT2D eigenvalue weighted by atomic mass is 9.85. The van der Waals surface area contributed by atoms with Crippen LogP contribution in [0.3, 0.4) is 0 Å². The van der Waals surface area contributed by atoms with Gasteiger partial charge in [0.15, 0.2) is 11.9 Å². The van der Waals surface area contributed by atoms with Crippen molar-refractivity contribution in [3.63, 3.8) is 0 Å². The summed E-state index contributed by atoms with van der Waals surface area (Å²) < 4.78 is 6.63. The predicted octanol–water partition coefficient (Wildman–Crippen LogP) is 0.881. The highest BCUT2D eigenvalue weighted by molar-refractivity contribution is 6.26. The lowest BCUT2D eigenvalue weighted by Crippen LogP contribution is -3.14. The summed E-state index contributed by atoms with van der Waals surface area (Å²) in [6.07, 6.45) is 13.7. The number of nitrogens with one attached hydrogen (secondary N) is 1. The van der Waals surface area contributed by atoms with Crippen molar-refractivity contribution in [1.82, 2.24) is 0 Å². The summed E-state index contributed by atoms with van der Waals surface area (Å²) in [6, 6.07) is 9.99. The lowest BCUT2D eigenvalue weighted by Gasteiger charge is -2.35. The minimum absolute atomic E-state index is 0.0368. The molecule has 12 heteroatoms. The highest BCUT2D eigenvalue weighted by Crippen LogP contribution is 2.33. The van der Waals surface area contributed by atoms with Crippen molar-refractivity contribution < 1.29 is 59.4 Å². The van der Waals surface area contributed by atoms with Crippen molar-refractivity contribution in [3.05, 3.63) is 35.9 Å². The van der Waals surface area contributed by atoms with Gasteiger partial charge in [0.1, 0.15) is 18.7 Å². The van der Waals surface area contributed by atoms with Crippen LogP contribution >= 0.6 is 0 Å². The summed E-state index contributed by atoms with van der Waals surface area (Å²) >= 11 is 0. The lowest BCUT2D eigenvalue weighted by molar-refractivity contribution is -0.910. The average molecular weight is 655 g/mol. The Balaban J connectivity index is 0. The van der Waals surface area contributed by atoms with Gasteiger partial charge in [-0.05, 0) is 52.4 Å². The monoisotopic (exact) mass is 654 g/mol. The standard InChI is InChI=1S/C30H54N2O2.2C2H2O4/c1-6-11-17-22-30(23-18-12-7-2,24-19-13-8-3)34-29(33)28(27-20-15-14-16-21-27)31-25-26-32(9-4)10-5;2*3-1(4)2(5)6/h14-16,20-21,28,31H,6-13,17-19,22-26H2,1-5H3;2*(H,3,4)(H,5,6). The van der Waals surface area contributed by atoms with Gasteiger partial charge >= 0.3 is 17.9 Å². The minimum Gasteiger partial charge on any atom is -0.539 e. The molecule has 1 unspecified atom stereocenters. The van der Waals surface area contributed by atoms with Crippen molar-refractivity contribution >= 4 is 29.8 Å². The number of quaternary nitrogens is 2. The topological polar surface area (TPSA) is 202 Å². The first-order chi connectivity index (χ1) is 21.8. The number of benzene rings is 1. The minimum atomic E-state index is -2.07. The predicted molar refractivity (Wildman–Crippen MR) is 169 cm³/mol. The fourth-order valence-corrected chi connectivity index (χ4v) is 4.98. The third-order valence-electron chi connectivity index (χ3n) is 7.69. The third kappa shape index (κ3) is 22.1. The van der Waals surface area contributed by atoms with E-state index in [4.69, 9.17) is 44.3 Å². The van der Waals surface area contributed by atoms with Crippen LogP contribution < -0.4 is 20.4 Å². The van der Waals surface area contributed by atoms with Crippen LogP contribution in [0.2, 0.25) is 0 Å². The number of hydrogen-bond acceptors (Lipinski definition) is 8. The van der Waals surface area contributed by atoms with Gasteiger partial charge in [0, 0.05) is 5.56 Å².